The second-order valence-electron chi connectivity index (χ2n) is 7.16. The molecular weight excluding hydrogens is 278 g/mol. The Morgan fingerprint density at radius 1 is 1.20 bits per heavy atom. The van der Waals surface area contributed by atoms with Crippen molar-refractivity contribution in [2.24, 2.45) is 0 Å². The summed E-state index contributed by atoms with van der Waals surface area (Å²) in [5, 5.41) is 2.60. The molecule has 1 fully saturated rings. The van der Waals surface area contributed by atoms with Gasteiger partial charge in [-0.05, 0) is 53.9 Å². The van der Waals surface area contributed by atoms with Gasteiger partial charge in [-0.3, -0.25) is 0 Å². The highest BCUT2D eigenvalue weighted by molar-refractivity contribution is 7.94. The summed E-state index contributed by atoms with van der Waals surface area (Å²) in [7, 11) is -3.29. The van der Waals surface area contributed by atoms with E-state index in [2.05, 4.69) is 5.32 Å². The fraction of sp³-hybridized carbons (Fsp3) is 0.929. The summed E-state index contributed by atoms with van der Waals surface area (Å²) in [5.41, 5.74) is -0.581. The minimum atomic E-state index is -3.29. The zero-order chi connectivity index (χ0) is 15.8. The zero-order valence-corrected chi connectivity index (χ0v) is 14.2. The molecule has 0 radical (unpaired) electrons. The number of alkyl carbamates (subject to hydrolysis) is 1. The first-order valence-corrected chi connectivity index (χ1v) is 8.56. The molecule has 0 bridgehead atoms. The number of ether oxygens (including phenoxy) is 1. The van der Waals surface area contributed by atoms with E-state index >= 15 is 0 Å². The van der Waals surface area contributed by atoms with Gasteiger partial charge in [0, 0.05) is 6.54 Å². The van der Waals surface area contributed by atoms with Gasteiger partial charge in [-0.1, -0.05) is 6.92 Å². The molecular formula is C14H27NO4S. The molecule has 20 heavy (non-hydrogen) atoms. The van der Waals surface area contributed by atoms with E-state index < -0.39 is 31.0 Å². The lowest BCUT2D eigenvalue weighted by molar-refractivity contribution is 0.0526. The van der Waals surface area contributed by atoms with Crippen LogP contribution in [0.4, 0.5) is 4.79 Å². The summed E-state index contributed by atoms with van der Waals surface area (Å²) in [4.78, 5) is 11.7. The second-order valence-corrected chi connectivity index (χ2v) is 10.1. The van der Waals surface area contributed by atoms with Crippen molar-refractivity contribution in [1.29, 1.82) is 0 Å². The Labute approximate surface area is 122 Å². The molecule has 1 N–H and O–H groups in total. The second kappa shape index (κ2) is 5.20. The quantitative estimate of drug-likeness (QED) is 0.847. The molecule has 6 heteroatoms. The number of carbonyl (C=O) groups excluding carboxylic acids is 1. The van der Waals surface area contributed by atoms with Crippen molar-refractivity contribution < 1.29 is 17.9 Å². The minimum absolute atomic E-state index is 0.133. The lowest BCUT2D eigenvalue weighted by Crippen LogP contribution is -2.47. The van der Waals surface area contributed by atoms with Crippen molar-refractivity contribution >= 4 is 15.9 Å². The van der Waals surface area contributed by atoms with Gasteiger partial charge >= 0.3 is 6.09 Å². The lowest BCUT2D eigenvalue weighted by atomic mass is 10.1. The van der Waals surface area contributed by atoms with Gasteiger partial charge in [0.1, 0.15) is 5.60 Å². The van der Waals surface area contributed by atoms with Gasteiger partial charge in [-0.25, -0.2) is 13.2 Å². The number of nitrogens with one attached hydrogen (secondary N) is 1. The molecule has 0 atom stereocenters. The van der Waals surface area contributed by atoms with E-state index in [-0.39, 0.29) is 6.54 Å². The molecule has 1 saturated carbocycles. The standard InChI is InChI=1S/C14H27NO4S/c1-7-13(5,6)20(17,18)14(8-9-14)10-15-11(16)19-12(2,3)4/h7-10H2,1-6H3,(H,15,16). The number of hydrogen-bond acceptors (Lipinski definition) is 4. The molecule has 0 aromatic carbocycles. The molecule has 0 heterocycles. The smallest absolute Gasteiger partial charge is 0.407 e. The van der Waals surface area contributed by atoms with Crippen molar-refractivity contribution in [1.82, 2.24) is 5.32 Å². The van der Waals surface area contributed by atoms with E-state index in [9.17, 15) is 13.2 Å². The summed E-state index contributed by atoms with van der Waals surface area (Å²) in [6.07, 6.45) is 1.21. The van der Waals surface area contributed by atoms with Gasteiger partial charge in [0.2, 0.25) is 0 Å². The summed E-state index contributed by atoms with van der Waals surface area (Å²) in [5.74, 6) is 0. The van der Waals surface area contributed by atoms with Crippen LogP contribution in [0.15, 0.2) is 0 Å². The summed E-state index contributed by atoms with van der Waals surface area (Å²) >= 11 is 0. The monoisotopic (exact) mass is 305 g/mol. The molecule has 0 saturated heterocycles. The Balaban J connectivity index is 2.71. The van der Waals surface area contributed by atoms with Crippen LogP contribution in [0.3, 0.4) is 0 Å². The fourth-order valence-corrected chi connectivity index (χ4v) is 4.46. The molecule has 0 aromatic rings. The van der Waals surface area contributed by atoms with Crippen molar-refractivity contribution in [3.8, 4) is 0 Å². The van der Waals surface area contributed by atoms with Gasteiger partial charge < -0.3 is 10.1 Å². The first kappa shape index (κ1) is 17.3. The highest BCUT2D eigenvalue weighted by atomic mass is 32.2. The Hall–Kier alpha value is -0.780. The predicted molar refractivity (Wildman–Crippen MR) is 79.5 cm³/mol. The van der Waals surface area contributed by atoms with Crippen molar-refractivity contribution in [3.63, 3.8) is 0 Å². The Morgan fingerprint density at radius 2 is 1.70 bits per heavy atom. The van der Waals surface area contributed by atoms with Crippen molar-refractivity contribution in [3.05, 3.63) is 0 Å². The third-order valence-corrected chi connectivity index (χ3v) is 7.35. The molecule has 0 spiro atoms. The largest absolute Gasteiger partial charge is 0.444 e. The van der Waals surface area contributed by atoms with Crippen LogP contribution >= 0.6 is 0 Å². The molecule has 1 aliphatic carbocycles. The van der Waals surface area contributed by atoms with Gasteiger partial charge in [-0.15, -0.1) is 0 Å². The van der Waals surface area contributed by atoms with E-state index in [1.807, 2.05) is 6.92 Å². The average molecular weight is 305 g/mol. The minimum Gasteiger partial charge on any atom is -0.444 e. The summed E-state index contributed by atoms with van der Waals surface area (Å²) in [6, 6.07) is 0. The third kappa shape index (κ3) is 3.45. The number of carbonyl (C=O) groups is 1. The van der Waals surface area contributed by atoms with Gasteiger partial charge in [0.25, 0.3) is 0 Å². The maximum Gasteiger partial charge on any atom is 0.407 e. The van der Waals surface area contributed by atoms with E-state index in [0.717, 1.165) is 0 Å². The predicted octanol–water partition coefficient (Wildman–Crippen LogP) is 2.65. The van der Waals surface area contributed by atoms with Crippen LogP contribution in [0.2, 0.25) is 0 Å². The normalized spacial score (nSPS) is 18.5. The highest BCUT2D eigenvalue weighted by Crippen LogP contribution is 2.48. The van der Waals surface area contributed by atoms with Gasteiger partial charge in [0.05, 0.1) is 9.49 Å². The maximum absolute atomic E-state index is 12.7. The van der Waals surface area contributed by atoms with Crippen LogP contribution in [0.25, 0.3) is 0 Å². The molecule has 0 aliphatic heterocycles. The first-order chi connectivity index (χ1) is 8.87. The molecule has 1 aliphatic rings. The lowest BCUT2D eigenvalue weighted by Gasteiger charge is -2.29. The SMILES string of the molecule is CCC(C)(C)S(=O)(=O)C1(CNC(=O)OC(C)(C)C)CC1. The van der Waals surface area contributed by atoms with E-state index in [0.29, 0.717) is 19.3 Å². The molecule has 1 rings (SSSR count). The van der Waals surface area contributed by atoms with Gasteiger partial charge in [-0.2, -0.15) is 0 Å². The van der Waals surface area contributed by atoms with Crippen LogP contribution in [0.1, 0.15) is 60.8 Å². The molecule has 1 amide bonds. The Kier molecular flexibility index (Phi) is 4.49. The van der Waals surface area contributed by atoms with Crippen LogP contribution in [0.5, 0.6) is 0 Å². The van der Waals surface area contributed by atoms with E-state index in [1.54, 1.807) is 34.6 Å². The summed E-state index contributed by atoms with van der Waals surface area (Å²) < 4.78 is 28.9. The average Bonchev–Trinajstić information content (AvgIpc) is 3.05. The van der Waals surface area contributed by atoms with Crippen LogP contribution in [0, 0.1) is 0 Å². The van der Waals surface area contributed by atoms with Crippen LogP contribution in [-0.4, -0.2) is 36.2 Å². The first-order valence-electron chi connectivity index (χ1n) is 7.08. The number of rotatable bonds is 5. The van der Waals surface area contributed by atoms with Gasteiger partial charge in [0.15, 0.2) is 9.84 Å². The number of sulfone groups is 1. The molecule has 118 valence electrons. The molecule has 0 unspecified atom stereocenters. The van der Waals surface area contributed by atoms with Crippen molar-refractivity contribution in [2.45, 2.75) is 75.9 Å². The maximum atomic E-state index is 12.7. The topological polar surface area (TPSA) is 72.5 Å². The third-order valence-electron chi connectivity index (χ3n) is 3.91. The van der Waals surface area contributed by atoms with Crippen molar-refractivity contribution in [2.75, 3.05) is 6.54 Å². The Bertz CT molecular complexity index is 470. The van der Waals surface area contributed by atoms with Crippen LogP contribution in [-0.2, 0) is 14.6 Å². The summed E-state index contributed by atoms with van der Waals surface area (Å²) in [6.45, 7) is 10.8. The fourth-order valence-electron chi connectivity index (χ4n) is 2.00. The van der Waals surface area contributed by atoms with Crippen LogP contribution < -0.4 is 5.32 Å². The Morgan fingerprint density at radius 3 is 2.05 bits per heavy atom. The van der Waals surface area contributed by atoms with E-state index in [1.165, 1.54) is 0 Å². The number of hydrogen-bond donors (Lipinski definition) is 1. The number of amides is 1. The van der Waals surface area contributed by atoms with E-state index in [4.69, 9.17) is 4.74 Å². The highest BCUT2D eigenvalue weighted by Gasteiger charge is 2.59. The molecule has 5 nitrogen and oxygen atoms in total. The zero-order valence-electron chi connectivity index (χ0n) is 13.4. The molecule has 0 aromatic heterocycles.